The van der Waals surface area contributed by atoms with Gasteiger partial charge < -0.3 is 11.1 Å². The van der Waals surface area contributed by atoms with Gasteiger partial charge in [0.2, 0.25) is 0 Å². The fourth-order valence-electron chi connectivity index (χ4n) is 2.68. The highest BCUT2D eigenvalue weighted by atomic mass is 16.1. The Bertz CT molecular complexity index is 701. The van der Waals surface area contributed by atoms with E-state index in [-0.39, 0.29) is 11.4 Å². The predicted octanol–water partition coefficient (Wildman–Crippen LogP) is 2.80. The number of carbonyl (C=O) groups excluding carboxylic acids is 1. The van der Waals surface area contributed by atoms with Gasteiger partial charge in [0.25, 0.3) is 5.91 Å². The zero-order valence-electron chi connectivity index (χ0n) is 15.1. The summed E-state index contributed by atoms with van der Waals surface area (Å²) in [4.78, 5) is 12.4. The molecule has 0 unspecified atom stereocenters. The van der Waals surface area contributed by atoms with Crippen molar-refractivity contribution >= 4 is 5.91 Å². The van der Waals surface area contributed by atoms with Gasteiger partial charge in [0.05, 0.1) is 12.2 Å². The van der Waals surface area contributed by atoms with E-state index in [0.29, 0.717) is 18.7 Å². The maximum absolute atomic E-state index is 12.4. The molecule has 1 amide bonds. The van der Waals surface area contributed by atoms with Gasteiger partial charge in [-0.3, -0.25) is 9.48 Å². The molecule has 0 fully saturated rings. The quantitative estimate of drug-likeness (QED) is 0.821. The first-order chi connectivity index (χ1) is 11.4. The molecule has 1 heterocycles. The maximum Gasteiger partial charge on any atom is 0.251 e. The van der Waals surface area contributed by atoms with Crippen molar-refractivity contribution in [1.82, 2.24) is 15.1 Å². The molecule has 0 bridgehead atoms. The molecule has 2 aromatic rings. The Kier molecular flexibility index (Phi) is 5.78. The third-order valence-electron chi connectivity index (χ3n) is 4.63. The minimum absolute atomic E-state index is 0.0815. The highest BCUT2D eigenvalue weighted by molar-refractivity contribution is 5.94. The number of rotatable bonds is 7. The summed E-state index contributed by atoms with van der Waals surface area (Å²) in [5.41, 5.74) is 9.73. The van der Waals surface area contributed by atoms with Crippen LogP contribution in [0.1, 0.15) is 54.0 Å². The summed E-state index contributed by atoms with van der Waals surface area (Å²) in [6.45, 7) is 9.25. The summed E-state index contributed by atoms with van der Waals surface area (Å²) in [7, 11) is 0. The third kappa shape index (κ3) is 4.45. The highest BCUT2D eigenvalue weighted by Crippen LogP contribution is 2.12. The molecule has 5 heteroatoms. The Morgan fingerprint density at radius 2 is 1.96 bits per heavy atom. The average Bonchev–Trinajstić information content (AvgIpc) is 2.90. The summed E-state index contributed by atoms with van der Waals surface area (Å²) in [6, 6.07) is 9.72. The zero-order chi connectivity index (χ0) is 17.7. The molecule has 0 aliphatic heterocycles. The number of benzene rings is 1. The van der Waals surface area contributed by atoms with Gasteiger partial charge >= 0.3 is 0 Å². The molecule has 0 aliphatic carbocycles. The van der Waals surface area contributed by atoms with E-state index in [4.69, 9.17) is 5.73 Å². The van der Waals surface area contributed by atoms with Crippen molar-refractivity contribution in [2.75, 3.05) is 6.54 Å². The van der Waals surface area contributed by atoms with Crippen molar-refractivity contribution in [2.45, 2.75) is 52.6 Å². The number of nitrogens with two attached hydrogens (primary N) is 1. The molecule has 0 saturated heterocycles. The van der Waals surface area contributed by atoms with E-state index in [1.54, 1.807) is 0 Å². The van der Waals surface area contributed by atoms with Crippen LogP contribution in [0.15, 0.2) is 30.3 Å². The summed E-state index contributed by atoms with van der Waals surface area (Å²) in [6.07, 6.45) is 1.67. The van der Waals surface area contributed by atoms with Crippen molar-refractivity contribution in [1.29, 1.82) is 0 Å². The third-order valence-corrected chi connectivity index (χ3v) is 4.63. The molecule has 0 atom stereocenters. The first-order valence-electron chi connectivity index (χ1n) is 8.54. The average molecular weight is 328 g/mol. The number of aryl methyl sites for hydroxylation is 2. The molecule has 24 heavy (non-hydrogen) atoms. The summed E-state index contributed by atoms with van der Waals surface area (Å²) >= 11 is 0. The van der Waals surface area contributed by atoms with Gasteiger partial charge in [0.1, 0.15) is 0 Å². The largest absolute Gasteiger partial charge is 0.350 e. The second kappa shape index (κ2) is 7.62. The van der Waals surface area contributed by atoms with E-state index in [9.17, 15) is 4.79 Å². The molecule has 1 aromatic carbocycles. The van der Waals surface area contributed by atoms with Gasteiger partial charge in [-0.2, -0.15) is 5.10 Å². The van der Waals surface area contributed by atoms with Crippen LogP contribution < -0.4 is 11.1 Å². The van der Waals surface area contributed by atoms with Gasteiger partial charge in [-0.1, -0.05) is 26.0 Å². The number of hydrogen-bond donors (Lipinski definition) is 2. The normalized spacial score (nSPS) is 11.5. The number of nitrogens with zero attached hydrogens (tertiary/aromatic N) is 2. The molecule has 0 aliphatic rings. The Morgan fingerprint density at radius 1 is 1.25 bits per heavy atom. The van der Waals surface area contributed by atoms with Crippen molar-refractivity contribution < 1.29 is 4.79 Å². The summed E-state index contributed by atoms with van der Waals surface area (Å²) in [5.74, 6) is -0.0815. The van der Waals surface area contributed by atoms with Crippen molar-refractivity contribution in [3.63, 3.8) is 0 Å². The minimum Gasteiger partial charge on any atom is -0.350 e. The second-order valence-corrected chi connectivity index (χ2v) is 6.54. The van der Waals surface area contributed by atoms with Gasteiger partial charge in [-0.05, 0) is 50.5 Å². The maximum atomic E-state index is 12.4. The van der Waals surface area contributed by atoms with Crippen LogP contribution in [0.25, 0.3) is 0 Å². The van der Waals surface area contributed by atoms with Crippen LogP contribution in [0.5, 0.6) is 0 Å². The van der Waals surface area contributed by atoms with E-state index in [2.05, 4.69) is 10.4 Å². The lowest BCUT2D eigenvalue weighted by Crippen LogP contribution is -2.49. The van der Waals surface area contributed by atoms with E-state index in [1.165, 1.54) is 0 Å². The fourth-order valence-corrected chi connectivity index (χ4v) is 2.68. The number of hydrogen-bond acceptors (Lipinski definition) is 3. The minimum atomic E-state index is -0.336. The highest BCUT2D eigenvalue weighted by Gasteiger charge is 2.21. The molecule has 0 radical (unpaired) electrons. The Hall–Kier alpha value is -2.14. The Labute approximate surface area is 144 Å². The first kappa shape index (κ1) is 18.2. The molecular formula is C19H28N4O. The van der Waals surface area contributed by atoms with Gasteiger partial charge in [0, 0.05) is 23.3 Å². The second-order valence-electron chi connectivity index (χ2n) is 6.54. The molecule has 1 aromatic heterocycles. The van der Waals surface area contributed by atoms with E-state index in [1.807, 2.05) is 62.7 Å². The Morgan fingerprint density at radius 3 is 2.54 bits per heavy atom. The van der Waals surface area contributed by atoms with Gasteiger partial charge in [0.15, 0.2) is 0 Å². The van der Waals surface area contributed by atoms with Crippen LogP contribution in [-0.4, -0.2) is 27.8 Å². The fraction of sp³-hybridized carbons (Fsp3) is 0.474. The van der Waals surface area contributed by atoms with Crippen molar-refractivity contribution in [3.05, 3.63) is 52.8 Å². The predicted molar refractivity (Wildman–Crippen MR) is 97.1 cm³/mol. The lowest BCUT2D eigenvalue weighted by Gasteiger charge is -2.26. The monoisotopic (exact) mass is 328 g/mol. The molecule has 0 spiro atoms. The number of nitrogens with one attached hydrogen (secondary N) is 1. The standard InChI is InChI=1S/C19H28N4O/c1-5-19(20,6-2)13-21-18(24)17-9-7-8-16(11-17)12-23-15(4)10-14(3)22-23/h7-11H,5-6,12-13,20H2,1-4H3,(H,21,24). The number of carbonyl (C=O) groups is 1. The molecular weight excluding hydrogens is 300 g/mol. The Balaban J connectivity index is 2.06. The van der Waals surface area contributed by atoms with Crippen molar-refractivity contribution in [3.8, 4) is 0 Å². The SMILES string of the molecule is CCC(N)(CC)CNC(=O)c1cccc(Cn2nc(C)cc2C)c1. The summed E-state index contributed by atoms with van der Waals surface area (Å²) in [5, 5.41) is 7.43. The zero-order valence-corrected chi connectivity index (χ0v) is 15.1. The summed E-state index contributed by atoms with van der Waals surface area (Å²) < 4.78 is 1.95. The molecule has 130 valence electrons. The van der Waals surface area contributed by atoms with Crippen LogP contribution >= 0.6 is 0 Å². The van der Waals surface area contributed by atoms with E-state index < -0.39 is 0 Å². The van der Waals surface area contributed by atoms with Crippen LogP contribution in [0.2, 0.25) is 0 Å². The molecule has 2 rings (SSSR count). The smallest absolute Gasteiger partial charge is 0.251 e. The molecule has 3 N–H and O–H groups in total. The first-order valence-corrected chi connectivity index (χ1v) is 8.54. The van der Waals surface area contributed by atoms with Crippen molar-refractivity contribution in [2.24, 2.45) is 5.73 Å². The van der Waals surface area contributed by atoms with E-state index >= 15 is 0 Å². The number of aromatic nitrogens is 2. The lowest BCUT2D eigenvalue weighted by molar-refractivity contribution is 0.0942. The van der Waals surface area contributed by atoms with Crippen LogP contribution in [-0.2, 0) is 6.54 Å². The topological polar surface area (TPSA) is 72.9 Å². The van der Waals surface area contributed by atoms with E-state index in [0.717, 1.165) is 29.8 Å². The lowest BCUT2D eigenvalue weighted by atomic mass is 9.94. The number of amides is 1. The van der Waals surface area contributed by atoms with Gasteiger partial charge in [-0.15, -0.1) is 0 Å². The van der Waals surface area contributed by atoms with Crippen LogP contribution in [0, 0.1) is 13.8 Å². The van der Waals surface area contributed by atoms with Crippen LogP contribution in [0.4, 0.5) is 0 Å². The van der Waals surface area contributed by atoms with Gasteiger partial charge in [-0.25, -0.2) is 0 Å². The molecule has 5 nitrogen and oxygen atoms in total. The van der Waals surface area contributed by atoms with Crippen LogP contribution in [0.3, 0.4) is 0 Å². The molecule has 0 saturated carbocycles.